The quantitative estimate of drug-likeness (QED) is 0.758. The number of rotatable bonds is 4. The molecule has 1 aromatic rings. The number of primary sulfonamides is 1. The first-order chi connectivity index (χ1) is 7.39. The van der Waals surface area contributed by atoms with Crippen LogP contribution in [0.25, 0.3) is 0 Å². The molecular weight excluding hydrogens is 230 g/mol. The minimum absolute atomic E-state index is 0.119. The Morgan fingerprint density at radius 3 is 2.50 bits per heavy atom. The molecule has 1 aliphatic carbocycles. The zero-order valence-corrected chi connectivity index (χ0v) is 10.1. The Morgan fingerprint density at radius 1 is 1.44 bits per heavy atom. The van der Waals surface area contributed by atoms with Gasteiger partial charge in [0.25, 0.3) is 15.2 Å². The maximum absolute atomic E-state index is 11.3. The van der Waals surface area contributed by atoms with Crippen LogP contribution in [0.4, 0.5) is 0 Å². The molecule has 2 rings (SSSR count). The van der Waals surface area contributed by atoms with Crippen LogP contribution >= 0.6 is 0 Å². The molecule has 1 fully saturated rings. The average molecular weight is 245 g/mol. The molecule has 0 amide bonds. The van der Waals surface area contributed by atoms with E-state index in [-0.39, 0.29) is 11.2 Å². The smallest absolute Gasteiger partial charge is 0.273 e. The van der Waals surface area contributed by atoms with Gasteiger partial charge in [-0.25, -0.2) is 13.6 Å². The van der Waals surface area contributed by atoms with Crippen molar-refractivity contribution in [3.05, 3.63) is 5.82 Å². The van der Waals surface area contributed by atoms with E-state index >= 15 is 0 Å². The van der Waals surface area contributed by atoms with Gasteiger partial charge in [-0.1, -0.05) is 0 Å². The van der Waals surface area contributed by atoms with Crippen LogP contribution in [0.2, 0.25) is 0 Å². The third-order valence-electron chi connectivity index (χ3n) is 2.36. The molecule has 1 aliphatic rings. The molecule has 90 valence electrons. The van der Waals surface area contributed by atoms with Crippen LogP contribution in [0.15, 0.2) is 5.16 Å². The lowest BCUT2D eigenvalue weighted by atomic mass is 10.5. The fourth-order valence-electron chi connectivity index (χ4n) is 1.59. The number of aromatic nitrogens is 3. The van der Waals surface area contributed by atoms with Crippen molar-refractivity contribution in [3.8, 4) is 0 Å². The highest BCUT2D eigenvalue weighted by molar-refractivity contribution is 7.89. The van der Waals surface area contributed by atoms with Gasteiger partial charge in [0.15, 0.2) is 0 Å². The SMILES string of the molecule is CN(C)Cc1nnc(S(N)(=O)=O)n1C1CC1. The van der Waals surface area contributed by atoms with Gasteiger partial charge in [-0.3, -0.25) is 4.57 Å². The van der Waals surface area contributed by atoms with Crippen LogP contribution in [0.1, 0.15) is 24.7 Å². The van der Waals surface area contributed by atoms with Crippen molar-refractivity contribution in [1.29, 1.82) is 0 Å². The monoisotopic (exact) mass is 245 g/mol. The van der Waals surface area contributed by atoms with Crippen molar-refractivity contribution < 1.29 is 8.42 Å². The molecule has 0 aliphatic heterocycles. The molecule has 0 aromatic carbocycles. The van der Waals surface area contributed by atoms with Crippen LogP contribution in [-0.2, 0) is 16.6 Å². The van der Waals surface area contributed by atoms with Crippen LogP contribution in [0.3, 0.4) is 0 Å². The Kier molecular flexibility index (Phi) is 2.72. The highest BCUT2D eigenvalue weighted by atomic mass is 32.2. The number of hydrogen-bond acceptors (Lipinski definition) is 5. The lowest BCUT2D eigenvalue weighted by molar-refractivity contribution is 0.377. The van der Waals surface area contributed by atoms with E-state index in [0.717, 1.165) is 12.8 Å². The van der Waals surface area contributed by atoms with Gasteiger partial charge in [0.2, 0.25) is 0 Å². The van der Waals surface area contributed by atoms with E-state index in [2.05, 4.69) is 10.2 Å². The van der Waals surface area contributed by atoms with Gasteiger partial charge in [0, 0.05) is 6.04 Å². The van der Waals surface area contributed by atoms with Gasteiger partial charge in [-0.05, 0) is 26.9 Å². The first-order valence-electron chi connectivity index (χ1n) is 5.01. The summed E-state index contributed by atoms with van der Waals surface area (Å²) in [7, 11) is 0.000191. The Labute approximate surface area is 94.3 Å². The Bertz CT molecular complexity index is 489. The van der Waals surface area contributed by atoms with Gasteiger partial charge in [-0.15, -0.1) is 10.2 Å². The highest BCUT2D eigenvalue weighted by Crippen LogP contribution is 2.37. The van der Waals surface area contributed by atoms with Crippen molar-refractivity contribution in [2.75, 3.05) is 14.1 Å². The molecule has 0 radical (unpaired) electrons. The van der Waals surface area contributed by atoms with Gasteiger partial charge in [0.1, 0.15) is 5.82 Å². The van der Waals surface area contributed by atoms with Crippen molar-refractivity contribution in [1.82, 2.24) is 19.7 Å². The molecule has 0 spiro atoms. The zero-order chi connectivity index (χ0) is 11.9. The second kappa shape index (κ2) is 3.79. The predicted octanol–water partition coefficient (Wildman–Crippen LogP) is -0.678. The van der Waals surface area contributed by atoms with E-state index in [1.165, 1.54) is 0 Å². The highest BCUT2D eigenvalue weighted by Gasteiger charge is 2.32. The summed E-state index contributed by atoms with van der Waals surface area (Å²) in [5.74, 6) is 0.650. The van der Waals surface area contributed by atoms with Crippen molar-refractivity contribution in [2.24, 2.45) is 5.14 Å². The number of nitrogens with zero attached hydrogens (tertiary/aromatic N) is 4. The first kappa shape index (κ1) is 11.5. The van der Waals surface area contributed by atoms with E-state index < -0.39 is 10.0 Å². The maximum atomic E-state index is 11.3. The number of hydrogen-bond donors (Lipinski definition) is 1. The molecule has 0 saturated heterocycles. The molecule has 2 N–H and O–H groups in total. The van der Waals surface area contributed by atoms with Crippen molar-refractivity contribution in [2.45, 2.75) is 30.6 Å². The molecule has 0 unspecified atom stereocenters. The second-order valence-electron chi connectivity index (χ2n) is 4.28. The first-order valence-corrected chi connectivity index (χ1v) is 6.55. The van der Waals surface area contributed by atoms with E-state index in [9.17, 15) is 8.42 Å². The summed E-state index contributed by atoms with van der Waals surface area (Å²) in [5.41, 5.74) is 0. The van der Waals surface area contributed by atoms with Crippen LogP contribution < -0.4 is 5.14 Å². The van der Waals surface area contributed by atoms with E-state index in [0.29, 0.717) is 12.4 Å². The van der Waals surface area contributed by atoms with Gasteiger partial charge in [0.05, 0.1) is 6.54 Å². The fourth-order valence-corrected chi connectivity index (χ4v) is 2.27. The predicted molar refractivity (Wildman–Crippen MR) is 57.1 cm³/mol. The van der Waals surface area contributed by atoms with Crippen molar-refractivity contribution >= 4 is 10.0 Å². The van der Waals surface area contributed by atoms with Crippen LogP contribution in [0.5, 0.6) is 0 Å². The minimum Gasteiger partial charge on any atom is -0.302 e. The maximum Gasteiger partial charge on any atom is 0.273 e. The molecule has 7 nitrogen and oxygen atoms in total. The zero-order valence-electron chi connectivity index (χ0n) is 9.29. The Hall–Kier alpha value is -0.990. The van der Waals surface area contributed by atoms with Gasteiger partial charge in [-0.2, -0.15) is 0 Å². The summed E-state index contributed by atoms with van der Waals surface area (Å²) in [6, 6.07) is 0.193. The molecule has 1 heterocycles. The third-order valence-corrected chi connectivity index (χ3v) is 3.15. The van der Waals surface area contributed by atoms with Gasteiger partial charge >= 0.3 is 0 Å². The molecule has 1 aromatic heterocycles. The van der Waals surface area contributed by atoms with E-state index in [1.807, 2.05) is 19.0 Å². The molecule has 8 heteroatoms. The Balaban J connectivity index is 2.44. The molecule has 0 bridgehead atoms. The average Bonchev–Trinajstić information content (AvgIpc) is 2.86. The third kappa shape index (κ3) is 2.23. The molecular formula is C8H15N5O2S. The molecule has 0 atom stereocenters. The summed E-state index contributed by atoms with van der Waals surface area (Å²) < 4.78 is 24.3. The van der Waals surface area contributed by atoms with Crippen LogP contribution in [-0.4, -0.2) is 42.2 Å². The summed E-state index contributed by atoms with van der Waals surface area (Å²) in [6.45, 7) is 0.555. The van der Waals surface area contributed by atoms with Gasteiger partial charge < -0.3 is 4.90 Å². The normalized spacial score (nSPS) is 17.0. The fraction of sp³-hybridized carbons (Fsp3) is 0.750. The minimum atomic E-state index is -3.78. The number of sulfonamides is 1. The largest absolute Gasteiger partial charge is 0.302 e. The topological polar surface area (TPSA) is 94.1 Å². The van der Waals surface area contributed by atoms with Crippen LogP contribution in [0, 0.1) is 0 Å². The molecule has 1 saturated carbocycles. The standard InChI is InChI=1S/C8H15N5O2S/c1-12(2)5-7-10-11-8(16(9,14)15)13(7)6-3-4-6/h6H,3-5H2,1-2H3,(H2,9,14,15). The number of nitrogens with two attached hydrogens (primary N) is 1. The lowest BCUT2D eigenvalue weighted by Crippen LogP contribution is -2.21. The summed E-state index contributed by atoms with van der Waals surface area (Å²) in [5, 5.41) is 12.6. The van der Waals surface area contributed by atoms with E-state index in [4.69, 9.17) is 5.14 Å². The van der Waals surface area contributed by atoms with E-state index in [1.54, 1.807) is 4.57 Å². The van der Waals surface area contributed by atoms with Crippen molar-refractivity contribution in [3.63, 3.8) is 0 Å². The summed E-state index contributed by atoms with van der Waals surface area (Å²) in [6.07, 6.45) is 1.92. The lowest BCUT2D eigenvalue weighted by Gasteiger charge is -2.11. The molecule has 16 heavy (non-hydrogen) atoms. The second-order valence-corrected chi connectivity index (χ2v) is 5.74. The summed E-state index contributed by atoms with van der Waals surface area (Å²) in [4.78, 5) is 1.91. The summed E-state index contributed by atoms with van der Waals surface area (Å²) >= 11 is 0. The Morgan fingerprint density at radius 2 is 2.06 bits per heavy atom.